The van der Waals surface area contributed by atoms with E-state index in [-0.39, 0.29) is 17.6 Å². The highest BCUT2D eigenvalue weighted by Crippen LogP contribution is 2.43. The number of ether oxygens (including phenoxy) is 1. The van der Waals surface area contributed by atoms with E-state index in [4.69, 9.17) is 4.74 Å². The number of nitrogens with zero attached hydrogens (tertiary/aromatic N) is 1. The monoisotopic (exact) mass is 423 g/mol. The van der Waals surface area contributed by atoms with Gasteiger partial charge in [-0.3, -0.25) is 9.89 Å². The summed E-state index contributed by atoms with van der Waals surface area (Å²) in [7, 11) is 1.45. The molecule has 0 aliphatic heterocycles. The van der Waals surface area contributed by atoms with Gasteiger partial charge in [-0.2, -0.15) is 5.10 Å². The molecule has 0 spiro atoms. The first-order chi connectivity index (χ1) is 15.0. The van der Waals surface area contributed by atoms with E-state index in [0.29, 0.717) is 24.6 Å². The number of aliphatic hydroxyl groups is 1. The molecule has 3 atom stereocenters. The molecule has 0 bridgehead atoms. The van der Waals surface area contributed by atoms with Gasteiger partial charge in [0.15, 0.2) is 0 Å². The van der Waals surface area contributed by atoms with Crippen molar-refractivity contribution in [1.29, 1.82) is 0 Å². The molecule has 1 fully saturated rings. The summed E-state index contributed by atoms with van der Waals surface area (Å²) in [6.45, 7) is 0.317. The van der Waals surface area contributed by atoms with Crippen LogP contribution in [-0.4, -0.2) is 34.4 Å². The van der Waals surface area contributed by atoms with Gasteiger partial charge in [0.1, 0.15) is 11.6 Å². The zero-order chi connectivity index (χ0) is 21.8. The Labute approximate surface area is 180 Å². The average Bonchev–Trinajstić information content (AvgIpc) is 3.32. The number of H-pyrrole nitrogens is 1. The molecule has 0 saturated heterocycles. The van der Waals surface area contributed by atoms with E-state index in [1.54, 1.807) is 0 Å². The van der Waals surface area contributed by atoms with Crippen molar-refractivity contribution in [2.75, 3.05) is 7.11 Å². The number of nitrogens with one attached hydrogen (secondary N) is 2. The molecule has 6 nitrogen and oxygen atoms in total. The number of aromatic amines is 1. The summed E-state index contributed by atoms with van der Waals surface area (Å²) >= 11 is 0. The van der Waals surface area contributed by atoms with Gasteiger partial charge in [0, 0.05) is 12.7 Å². The molecule has 1 saturated carbocycles. The topological polar surface area (TPSA) is 87.2 Å². The van der Waals surface area contributed by atoms with Gasteiger partial charge in [-0.1, -0.05) is 24.3 Å². The number of hydrogen-bond donors (Lipinski definition) is 3. The quantitative estimate of drug-likeness (QED) is 0.561. The number of carbonyl (C=O) groups is 1. The predicted octanol–water partition coefficient (Wildman–Crippen LogP) is 3.90. The van der Waals surface area contributed by atoms with Gasteiger partial charge < -0.3 is 15.2 Å². The Hall–Kier alpha value is -3.19. The molecule has 1 aliphatic rings. The first-order valence-electron chi connectivity index (χ1n) is 10.4. The first-order valence-corrected chi connectivity index (χ1v) is 10.4. The van der Waals surface area contributed by atoms with E-state index < -0.39 is 11.7 Å². The maximum atomic E-state index is 13.5. The molecule has 1 amide bonds. The van der Waals surface area contributed by atoms with Crippen molar-refractivity contribution in [1.82, 2.24) is 15.5 Å². The second-order valence-corrected chi connectivity index (χ2v) is 7.98. The van der Waals surface area contributed by atoms with Crippen LogP contribution in [0.4, 0.5) is 4.39 Å². The average molecular weight is 423 g/mol. The maximum absolute atomic E-state index is 13.5. The zero-order valence-electron chi connectivity index (χ0n) is 17.3. The maximum Gasteiger partial charge on any atom is 0.255 e. The molecular weight excluding hydrogens is 397 g/mol. The van der Waals surface area contributed by atoms with Crippen LogP contribution < -0.4 is 10.1 Å². The summed E-state index contributed by atoms with van der Waals surface area (Å²) in [5.74, 6) is -0.0296. The van der Waals surface area contributed by atoms with Gasteiger partial charge in [0.2, 0.25) is 0 Å². The Bertz CT molecular complexity index is 1020. The lowest BCUT2D eigenvalue weighted by molar-refractivity contribution is 0.0947. The second kappa shape index (κ2) is 9.31. The smallest absolute Gasteiger partial charge is 0.255 e. The van der Waals surface area contributed by atoms with E-state index in [9.17, 15) is 14.3 Å². The molecule has 7 heteroatoms. The van der Waals surface area contributed by atoms with Crippen LogP contribution in [0.1, 0.15) is 58.1 Å². The number of methoxy groups -OCH3 is 1. The van der Waals surface area contributed by atoms with Crippen LogP contribution in [0.3, 0.4) is 0 Å². The largest absolute Gasteiger partial charge is 0.496 e. The molecule has 3 aromatic rings. The van der Waals surface area contributed by atoms with Crippen molar-refractivity contribution in [2.24, 2.45) is 0 Å². The Morgan fingerprint density at radius 2 is 2.00 bits per heavy atom. The minimum absolute atomic E-state index is 0.165. The molecule has 3 unspecified atom stereocenters. The lowest BCUT2D eigenvalue weighted by Crippen LogP contribution is -2.25. The number of amides is 1. The lowest BCUT2D eigenvalue weighted by atomic mass is 9.72. The van der Waals surface area contributed by atoms with E-state index in [0.717, 1.165) is 29.5 Å². The number of rotatable bonds is 6. The third-order valence-electron chi connectivity index (χ3n) is 6.04. The van der Waals surface area contributed by atoms with Gasteiger partial charge in [-0.05, 0) is 66.0 Å². The number of benzene rings is 2. The molecule has 1 heterocycles. The van der Waals surface area contributed by atoms with E-state index in [1.807, 2.05) is 24.5 Å². The van der Waals surface area contributed by atoms with Crippen LogP contribution in [0, 0.1) is 5.82 Å². The van der Waals surface area contributed by atoms with Crippen molar-refractivity contribution >= 4 is 5.91 Å². The Morgan fingerprint density at radius 1 is 1.19 bits per heavy atom. The van der Waals surface area contributed by atoms with Crippen molar-refractivity contribution < 1.29 is 19.0 Å². The molecule has 4 rings (SSSR count). The summed E-state index contributed by atoms with van der Waals surface area (Å²) in [6.07, 6.45) is 5.91. The highest BCUT2D eigenvalue weighted by atomic mass is 19.1. The van der Waals surface area contributed by atoms with Crippen LogP contribution in [0.15, 0.2) is 54.9 Å². The van der Waals surface area contributed by atoms with E-state index in [2.05, 4.69) is 27.6 Å². The molecule has 3 N–H and O–H groups in total. The Morgan fingerprint density at radius 3 is 2.71 bits per heavy atom. The third kappa shape index (κ3) is 4.77. The standard InChI is InChI=1S/C24H26FN3O3/c1-31-23-9-6-18(25)10-22(23)24(30)26-12-15-2-4-16(5-3-15)21-11-19(29)7-8-20(21)17-13-27-28-14-17/h2-6,9-10,13-14,19-21,29H,7-8,11-12H2,1H3,(H,26,30)(H,27,28). The van der Waals surface area contributed by atoms with E-state index in [1.165, 1.54) is 25.3 Å². The molecule has 31 heavy (non-hydrogen) atoms. The summed E-state index contributed by atoms with van der Waals surface area (Å²) in [6, 6.07) is 11.9. The summed E-state index contributed by atoms with van der Waals surface area (Å²) in [5.41, 5.74) is 3.42. The van der Waals surface area contributed by atoms with Gasteiger partial charge in [0.05, 0.1) is 25.0 Å². The SMILES string of the molecule is COc1ccc(F)cc1C(=O)NCc1ccc(C2CC(O)CCC2c2cn[nH]c2)cc1. The minimum atomic E-state index is -0.489. The number of carbonyl (C=O) groups excluding carboxylic acids is 1. The molecule has 2 aromatic carbocycles. The highest BCUT2D eigenvalue weighted by molar-refractivity contribution is 5.96. The first kappa shape index (κ1) is 21.1. The molecule has 0 radical (unpaired) electrons. The van der Waals surface area contributed by atoms with Gasteiger partial charge in [0.25, 0.3) is 5.91 Å². The van der Waals surface area contributed by atoms with Crippen LogP contribution in [0.2, 0.25) is 0 Å². The van der Waals surface area contributed by atoms with Crippen molar-refractivity contribution in [3.63, 3.8) is 0 Å². The highest BCUT2D eigenvalue weighted by Gasteiger charge is 2.32. The fraction of sp³-hybridized carbons (Fsp3) is 0.333. The van der Waals surface area contributed by atoms with Crippen molar-refractivity contribution in [3.8, 4) is 5.75 Å². The van der Waals surface area contributed by atoms with Gasteiger partial charge >= 0.3 is 0 Å². The zero-order valence-corrected chi connectivity index (χ0v) is 17.3. The van der Waals surface area contributed by atoms with E-state index >= 15 is 0 Å². The second-order valence-electron chi connectivity index (χ2n) is 7.98. The molecule has 1 aliphatic carbocycles. The number of halogens is 1. The number of hydrogen-bond acceptors (Lipinski definition) is 4. The van der Waals surface area contributed by atoms with Crippen LogP contribution in [0.5, 0.6) is 5.75 Å². The lowest BCUT2D eigenvalue weighted by Gasteiger charge is -2.34. The van der Waals surface area contributed by atoms with Crippen LogP contribution >= 0.6 is 0 Å². The van der Waals surface area contributed by atoms with Gasteiger partial charge in [-0.25, -0.2) is 4.39 Å². The minimum Gasteiger partial charge on any atom is -0.496 e. The molecule has 1 aromatic heterocycles. The van der Waals surface area contributed by atoms with Crippen LogP contribution in [0.25, 0.3) is 0 Å². The summed E-state index contributed by atoms with van der Waals surface area (Å²) in [5, 5.41) is 20.0. The molecular formula is C24H26FN3O3. The van der Waals surface area contributed by atoms with Crippen LogP contribution in [-0.2, 0) is 6.54 Å². The summed E-state index contributed by atoms with van der Waals surface area (Å²) in [4.78, 5) is 12.5. The fourth-order valence-electron chi connectivity index (χ4n) is 4.40. The Kier molecular flexibility index (Phi) is 6.32. The normalized spacial score (nSPS) is 20.9. The predicted molar refractivity (Wildman–Crippen MR) is 114 cm³/mol. The Balaban J connectivity index is 1.44. The van der Waals surface area contributed by atoms with Crippen molar-refractivity contribution in [2.45, 2.75) is 43.7 Å². The van der Waals surface area contributed by atoms with Crippen molar-refractivity contribution in [3.05, 3.63) is 82.9 Å². The van der Waals surface area contributed by atoms with Gasteiger partial charge in [-0.15, -0.1) is 0 Å². The summed E-state index contributed by atoms with van der Waals surface area (Å²) < 4.78 is 18.7. The number of aliphatic hydroxyl groups excluding tert-OH is 1. The molecule has 162 valence electrons. The number of aromatic nitrogens is 2. The fourth-order valence-corrected chi connectivity index (χ4v) is 4.40. The third-order valence-corrected chi connectivity index (χ3v) is 6.04.